The van der Waals surface area contributed by atoms with E-state index >= 15 is 70.2 Å². The zero-order valence-corrected chi connectivity index (χ0v) is 35.4. The third-order valence-corrected chi connectivity index (χ3v) is 16.4. The summed E-state index contributed by atoms with van der Waals surface area (Å²) in [6, 6.07) is 0. The van der Waals surface area contributed by atoms with E-state index in [0.717, 1.165) is 0 Å². The molecule has 4 aliphatic heterocycles. The van der Waals surface area contributed by atoms with Crippen molar-refractivity contribution in [1.82, 2.24) is 0 Å². The van der Waals surface area contributed by atoms with Crippen molar-refractivity contribution >= 4 is 10.0 Å². The van der Waals surface area contributed by atoms with Crippen LogP contribution in [0.15, 0.2) is 19.6 Å². The summed E-state index contributed by atoms with van der Waals surface area (Å²) in [6.45, 7) is 2.83. The second-order valence-corrected chi connectivity index (χ2v) is 21.6. The Morgan fingerprint density at radius 3 is 0.523 bits per heavy atom. The first-order valence-corrected chi connectivity index (χ1v) is 21.4. The minimum atomic E-state index is -7.16. The molecule has 354 valence electrons. The number of rotatable bonds is 12. The van der Waals surface area contributed by atoms with Gasteiger partial charge in [0.1, 0.15) is 0 Å². The SMILES string of the molecule is CC1(Cc2c(F)c(F)c(S(c3c(F)c(F)c(CC4(C)COC4)c(F)c3F)(c3c(F)c(F)c(CC4(C)COC4)c(F)c3F)c3c(F)c(F)c(CC4(C)COC4)c(F)c3F)c(F)c2F)COC1. The van der Waals surface area contributed by atoms with Crippen molar-refractivity contribution in [3.05, 3.63) is 115 Å². The molecule has 4 aromatic carbocycles. The molecule has 0 aromatic heterocycles. The second-order valence-electron chi connectivity index (χ2n) is 18.8. The molecule has 0 amide bonds. The van der Waals surface area contributed by atoms with Crippen molar-refractivity contribution in [3.8, 4) is 0 Å². The zero-order chi connectivity index (χ0) is 47.7. The normalized spacial score (nSPS) is 19.6. The van der Waals surface area contributed by atoms with Crippen molar-refractivity contribution in [2.75, 3.05) is 52.9 Å². The Bertz CT molecular complexity index is 2200. The average molecular weight is 965 g/mol. The zero-order valence-electron chi connectivity index (χ0n) is 34.6. The molecular weight excluding hydrogens is 929 g/mol. The van der Waals surface area contributed by atoms with Crippen molar-refractivity contribution in [3.63, 3.8) is 0 Å². The van der Waals surface area contributed by atoms with Crippen LogP contribution < -0.4 is 0 Å². The van der Waals surface area contributed by atoms with Crippen LogP contribution in [-0.2, 0) is 44.6 Å². The maximum Gasteiger partial charge on any atom is 0.175 e. The van der Waals surface area contributed by atoms with E-state index in [1.54, 1.807) is 0 Å². The minimum Gasteiger partial charge on any atom is -0.380 e. The Morgan fingerprint density at radius 2 is 0.415 bits per heavy atom. The first-order valence-electron chi connectivity index (χ1n) is 19.8. The van der Waals surface area contributed by atoms with Gasteiger partial charge >= 0.3 is 0 Å². The van der Waals surface area contributed by atoms with Gasteiger partial charge in [-0.05, 0) is 25.7 Å². The summed E-state index contributed by atoms with van der Waals surface area (Å²) in [5.41, 5.74) is -11.5. The van der Waals surface area contributed by atoms with Crippen LogP contribution in [0.25, 0.3) is 0 Å². The molecule has 0 bridgehead atoms. The Kier molecular flexibility index (Phi) is 11.7. The lowest BCUT2D eigenvalue weighted by atomic mass is 9.81. The van der Waals surface area contributed by atoms with Crippen molar-refractivity contribution in [2.24, 2.45) is 21.7 Å². The summed E-state index contributed by atoms with van der Waals surface area (Å²) < 4.78 is 291. The first kappa shape index (κ1) is 47.4. The van der Waals surface area contributed by atoms with Gasteiger partial charge in [0.25, 0.3) is 0 Å². The van der Waals surface area contributed by atoms with Crippen LogP contribution in [0.2, 0.25) is 0 Å². The Balaban J connectivity index is 1.61. The molecule has 4 nitrogen and oxygen atoms in total. The lowest BCUT2D eigenvalue weighted by Gasteiger charge is -2.44. The molecule has 0 spiro atoms. The highest BCUT2D eigenvalue weighted by atomic mass is 32.3. The van der Waals surface area contributed by atoms with Gasteiger partial charge in [-0.25, -0.2) is 70.2 Å². The lowest BCUT2D eigenvalue weighted by molar-refractivity contribution is -0.101. The van der Waals surface area contributed by atoms with Crippen LogP contribution in [-0.4, -0.2) is 52.9 Å². The van der Waals surface area contributed by atoms with Gasteiger partial charge < -0.3 is 18.9 Å². The van der Waals surface area contributed by atoms with E-state index in [2.05, 4.69) is 0 Å². The maximum atomic E-state index is 17.3. The second kappa shape index (κ2) is 16.0. The van der Waals surface area contributed by atoms with E-state index in [0.29, 0.717) is 0 Å². The lowest BCUT2D eigenvalue weighted by Crippen LogP contribution is -2.42. The summed E-state index contributed by atoms with van der Waals surface area (Å²) in [7, 11) is -7.16. The molecule has 4 aliphatic rings. The minimum absolute atomic E-state index is 0.294. The standard InChI is InChI=1S/C44H36F16O4S/c1-41(9-61-10-41)5-17-21(45)29(53)37(30(54)22(17)46)65(38-31(55)23(47)18(24(48)32(38)56)6-42(2)11-62-12-42,39-33(57)25(49)19(26(50)34(39)58)7-43(3)13-63-14-43)40-35(59)27(51)20(28(52)36(40)60)8-44(4)15-64-16-44/h5-16H2,1-4H3. The predicted molar refractivity (Wildman–Crippen MR) is 196 cm³/mol. The van der Waals surface area contributed by atoms with Gasteiger partial charge in [-0.3, -0.25) is 0 Å². The maximum absolute atomic E-state index is 17.3. The van der Waals surface area contributed by atoms with E-state index in [1.807, 2.05) is 0 Å². The molecule has 65 heavy (non-hydrogen) atoms. The number of hydrogen-bond donors (Lipinski definition) is 0. The van der Waals surface area contributed by atoms with Crippen LogP contribution >= 0.6 is 10.0 Å². The molecule has 8 rings (SSSR count). The van der Waals surface area contributed by atoms with Gasteiger partial charge in [0.2, 0.25) is 0 Å². The fourth-order valence-electron chi connectivity index (χ4n) is 8.85. The molecular formula is C44H36F16O4S. The molecule has 0 radical (unpaired) electrons. The quantitative estimate of drug-likeness (QED) is 0.105. The number of halogens is 16. The van der Waals surface area contributed by atoms with Crippen LogP contribution in [0.1, 0.15) is 49.9 Å². The fourth-order valence-corrected chi connectivity index (χ4v) is 12.9. The van der Waals surface area contributed by atoms with E-state index in [4.69, 9.17) is 18.9 Å². The van der Waals surface area contributed by atoms with E-state index in [9.17, 15) is 0 Å². The summed E-state index contributed by atoms with van der Waals surface area (Å²) in [5.74, 6) is -45.3. The van der Waals surface area contributed by atoms with Gasteiger partial charge in [-0.1, -0.05) is 27.7 Å². The Morgan fingerprint density at radius 1 is 0.277 bits per heavy atom. The molecule has 0 N–H and O–H groups in total. The molecule has 0 aliphatic carbocycles. The van der Waals surface area contributed by atoms with E-state index < -0.39 is 192 Å². The molecule has 0 unspecified atom stereocenters. The van der Waals surface area contributed by atoms with Gasteiger partial charge in [0.05, 0.1) is 72.4 Å². The summed E-state index contributed by atoms with van der Waals surface area (Å²) in [5, 5.41) is 0. The molecule has 0 atom stereocenters. The van der Waals surface area contributed by atoms with Crippen molar-refractivity contribution in [2.45, 2.75) is 73.0 Å². The summed E-state index contributed by atoms with van der Waals surface area (Å²) in [6.07, 6.45) is -3.96. The van der Waals surface area contributed by atoms with Gasteiger partial charge in [-0.2, -0.15) is 0 Å². The summed E-state index contributed by atoms with van der Waals surface area (Å²) in [4.78, 5) is -11.8. The summed E-state index contributed by atoms with van der Waals surface area (Å²) >= 11 is 0. The van der Waals surface area contributed by atoms with Gasteiger partial charge in [0.15, 0.2) is 93.1 Å². The molecule has 0 saturated carbocycles. The fraction of sp³-hybridized carbons (Fsp3) is 0.455. The highest BCUT2D eigenvalue weighted by molar-refractivity contribution is 8.34. The number of hydrogen-bond acceptors (Lipinski definition) is 4. The van der Waals surface area contributed by atoms with E-state index in [-0.39, 0.29) is 52.9 Å². The Labute approximate surface area is 361 Å². The Hall–Kier alpha value is -4.05. The molecule has 4 fully saturated rings. The van der Waals surface area contributed by atoms with Gasteiger partial charge in [0, 0.05) is 43.9 Å². The third kappa shape index (κ3) is 7.14. The largest absolute Gasteiger partial charge is 0.380 e. The average Bonchev–Trinajstić information content (AvgIpc) is 3.21. The van der Waals surface area contributed by atoms with E-state index in [1.165, 1.54) is 27.7 Å². The van der Waals surface area contributed by atoms with Crippen LogP contribution in [0.5, 0.6) is 0 Å². The van der Waals surface area contributed by atoms with Crippen LogP contribution in [0, 0.1) is 115 Å². The topological polar surface area (TPSA) is 36.9 Å². The molecule has 4 saturated heterocycles. The van der Waals surface area contributed by atoms with Crippen molar-refractivity contribution in [1.29, 1.82) is 0 Å². The molecule has 4 heterocycles. The highest BCUT2D eigenvalue weighted by Crippen LogP contribution is 2.78. The smallest absolute Gasteiger partial charge is 0.175 e. The predicted octanol–water partition coefficient (Wildman–Crippen LogP) is 11.6. The third-order valence-electron chi connectivity index (χ3n) is 12.5. The van der Waals surface area contributed by atoms with Crippen LogP contribution in [0.3, 0.4) is 0 Å². The van der Waals surface area contributed by atoms with Crippen molar-refractivity contribution < 1.29 is 89.2 Å². The number of benzene rings is 4. The first-order chi connectivity index (χ1) is 30.3. The highest BCUT2D eigenvalue weighted by Gasteiger charge is 2.56. The van der Waals surface area contributed by atoms with Crippen LogP contribution in [0.4, 0.5) is 70.2 Å². The molecule has 4 aromatic rings. The van der Waals surface area contributed by atoms with Gasteiger partial charge in [-0.15, -0.1) is 10.0 Å². The molecule has 21 heteroatoms. The monoisotopic (exact) mass is 964 g/mol. The number of ether oxygens (including phenoxy) is 4.